The summed E-state index contributed by atoms with van der Waals surface area (Å²) < 4.78 is 28.4. The molecule has 0 unspecified atom stereocenters. The van der Waals surface area contributed by atoms with Gasteiger partial charge in [0.1, 0.15) is 0 Å². The van der Waals surface area contributed by atoms with Gasteiger partial charge in [0.05, 0.1) is 15.5 Å². The lowest BCUT2D eigenvalue weighted by Crippen LogP contribution is -2.36. The number of amides is 1. The van der Waals surface area contributed by atoms with Gasteiger partial charge < -0.3 is 10.1 Å². The molecule has 1 N–H and O–H groups in total. The first-order valence-electron chi connectivity index (χ1n) is 8.84. The molecule has 0 radical (unpaired) electrons. The van der Waals surface area contributed by atoms with Crippen LogP contribution in [0.25, 0.3) is 0 Å². The summed E-state index contributed by atoms with van der Waals surface area (Å²) >= 11 is 5.97. The molecule has 1 atom stereocenters. The lowest BCUT2D eigenvalue weighted by Gasteiger charge is -2.16. The normalized spacial score (nSPS) is 15.6. The summed E-state index contributed by atoms with van der Waals surface area (Å²) in [4.78, 5) is 24.4. The molecule has 0 heterocycles. The molecule has 1 aromatic carbocycles. The van der Waals surface area contributed by atoms with E-state index in [9.17, 15) is 18.0 Å². The second kappa shape index (κ2) is 9.37. The van der Waals surface area contributed by atoms with Gasteiger partial charge in [-0.3, -0.25) is 4.79 Å². The van der Waals surface area contributed by atoms with Gasteiger partial charge in [-0.25, -0.2) is 13.2 Å². The average molecular weight is 414 g/mol. The standard InChI is InChI=1S/C19H24ClNO5S/c1-13(18(22)21-11-10-14-6-4-3-5-7-14)26-19(23)16-12-15(27(2,24)25)8-9-17(16)20/h6,8-9,12-13H,3-5,7,10-11H2,1-2H3,(H,21,22)/t13-/m0/s1. The minimum Gasteiger partial charge on any atom is -0.449 e. The molecule has 0 aliphatic heterocycles. The van der Waals surface area contributed by atoms with E-state index in [4.69, 9.17) is 16.3 Å². The van der Waals surface area contributed by atoms with Gasteiger partial charge in [0.2, 0.25) is 0 Å². The highest BCUT2D eigenvalue weighted by Crippen LogP contribution is 2.22. The fourth-order valence-electron chi connectivity index (χ4n) is 2.79. The molecule has 148 valence electrons. The van der Waals surface area contributed by atoms with Crippen molar-refractivity contribution in [2.24, 2.45) is 0 Å². The van der Waals surface area contributed by atoms with Crippen LogP contribution in [0.4, 0.5) is 0 Å². The van der Waals surface area contributed by atoms with E-state index >= 15 is 0 Å². The van der Waals surface area contributed by atoms with Crippen LogP contribution in [0.2, 0.25) is 5.02 Å². The van der Waals surface area contributed by atoms with E-state index < -0.39 is 27.8 Å². The number of benzene rings is 1. The molecular formula is C19H24ClNO5S. The van der Waals surface area contributed by atoms with Crippen molar-refractivity contribution in [2.45, 2.75) is 50.0 Å². The predicted octanol–water partition coefficient (Wildman–Crippen LogP) is 3.30. The molecule has 0 saturated heterocycles. The molecule has 0 spiro atoms. The molecule has 0 aromatic heterocycles. The quantitative estimate of drug-likeness (QED) is 0.547. The van der Waals surface area contributed by atoms with E-state index in [-0.39, 0.29) is 15.5 Å². The SMILES string of the molecule is C[C@H](OC(=O)c1cc(S(C)(=O)=O)ccc1Cl)C(=O)NCCC1=CCCCC1. The first kappa shape index (κ1) is 21.4. The third-order valence-electron chi connectivity index (χ3n) is 4.37. The van der Waals surface area contributed by atoms with Gasteiger partial charge in [0.15, 0.2) is 15.9 Å². The first-order valence-corrected chi connectivity index (χ1v) is 11.1. The Kier molecular flexibility index (Phi) is 7.44. The van der Waals surface area contributed by atoms with Crippen LogP contribution < -0.4 is 5.32 Å². The van der Waals surface area contributed by atoms with Crippen molar-refractivity contribution in [3.8, 4) is 0 Å². The molecule has 1 aliphatic carbocycles. The first-order chi connectivity index (χ1) is 12.7. The number of halogens is 1. The summed E-state index contributed by atoms with van der Waals surface area (Å²) in [6, 6.07) is 3.78. The Labute approximate surface area is 164 Å². The molecule has 2 rings (SSSR count). The van der Waals surface area contributed by atoms with Gasteiger partial charge in [-0.05, 0) is 57.2 Å². The molecule has 6 nitrogen and oxygen atoms in total. The van der Waals surface area contributed by atoms with Crippen LogP contribution in [0.1, 0.15) is 49.4 Å². The Morgan fingerprint density at radius 3 is 2.67 bits per heavy atom. The molecule has 1 aliphatic rings. The van der Waals surface area contributed by atoms with Gasteiger partial charge in [0, 0.05) is 12.8 Å². The molecule has 0 fully saturated rings. The second-order valence-electron chi connectivity index (χ2n) is 6.61. The summed E-state index contributed by atoms with van der Waals surface area (Å²) in [5.41, 5.74) is 1.25. The van der Waals surface area contributed by atoms with Crippen LogP contribution in [0.15, 0.2) is 34.7 Å². The minimum absolute atomic E-state index is 0.0447. The third kappa shape index (κ3) is 6.36. The number of hydrogen-bond acceptors (Lipinski definition) is 5. The number of carbonyl (C=O) groups is 2. The Hall–Kier alpha value is -1.86. The highest BCUT2D eigenvalue weighted by molar-refractivity contribution is 7.90. The number of carbonyl (C=O) groups excluding carboxylic acids is 2. The highest BCUT2D eigenvalue weighted by Gasteiger charge is 2.22. The van der Waals surface area contributed by atoms with E-state index in [1.165, 1.54) is 37.5 Å². The lowest BCUT2D eigenvalue weighted by molar-refractivity contribution is -0.129. The van der Waals surface area contributed by atoms with E-state index in [1.807, 2.05) is 0 Å². The largest absolute Gasteiger partial charge is 0.449 e. The van der Waals surface area contributed by atoms with Crippen LogP contribution in [-0.2, 0) is 19.4 Å². The molecule has 27 heavy (non-hydrogen) atoms. The molecular weight excluding hydrogens is 390 g/mol. The Morgan fingerprint density at radius 1 is 1.30 bits per heavy atom. The summed E-state index contributed by atoms with van der Waals surface area (Å²) in [6.07, 6.45) is 7.57. The maximum atomic E-state index is 12.3. The van der Waals surface area contributed by atoms with Crippen molar-refractivity contribution in [1.82, 2.24) is 5.32 Å². The van der Waals surface area contributed by atoms with Crippen molar-refractivity contribution in [2.75, 3.05) is 12.8 Å². The van der Waals surface area contributed by atoms with Crippen LogP contribution in [0, 0.1) is 0 Å². The zero-order chi connectivity index (χ0) is 20.0. The number of nitrogens with one attached hydrogen (secondary N) is 1. The monoisotopic (exact) mass is 413 g/mol. The van der Waals surface area contributed by atoms with Gasteiger partial charge >= 0.3 is 5.97 Å². The molecule has 8 heteroatoms. The zero-order valence-electron chi connectivity index (χ0n) is 15.5. The van der Waals surface area contributed by atoms with Crippen molar-refractivity contribution >= 4 is 33.3 Å². The van der Waals surface area contributed by atoms with E-state index in [0.717, 1.165) is 31.6 Å². The Balaban J connectivity index is 1.92. The Morgan fingerprint density at radius 2 is 2.04 bits per heavy atom. The third-order valence-corrected chi connectivity index (χ3v) is 5.81. The number of ether oxygens (including phenoxy) is 1. The summed E-state index contributed by atoms with van der Waals surface area (Å²) in [6.45, 7) is 1.94. The smallest absolute Gasteiger partial charge is 0.340 e. The molecule has 0 saturated carbocycles. The maximum absolute atomic E-state index is 12.3. The molecule has 0 bridgehead atoms. The van der Waals surface area contributed by atoms with Crippen molar-refractivity contribution in [3.63, 3.8) is 0 Å². The fourth-order valence-corrected chi connectivity index (χ4v) is 3.63. The van der Waals surface area contributed by atoms with Gasteiger partial charge in [0.25, 0.3) is 5.91 Å². The maximum Gasteiger partial charge on any atom is 0.340 e. The summed E-state index contributed by atoms with van der Waals surface area (Å²) in [7, 11) is -3.49. The topological polar surface area (TPSA) is 89.5 Å². The number of esters is 1. The van der Waals surface area contributed by atoms with Crippen molar-refractivity contribution in [3.05, 3.63) is 40.4 Å². The van der Waals surface area contributed by atoms with Crippen LogP contribution in [0.5, 0.6) is 0 Å². The minimum atomic E-state index is -3.49. The van der Waals surface area contributed by atoms with Gasteiger partial charge in [-0.2, -0.15) is 0 Å². The van der Waals surface area contributed by atoms with Crippen molar-refractivity contribution in [1.29, 1.82) is 0 Å². The second-order valence-corrected chi connectivity index (χ2v) is 9.03. The van der Waals surface area contributed by atoms with Crippen molar-refractivity contribution < 1.29 is 22.7 Å². The number of allylic oxidation sites excluding steroid dienone is 1. The fraction of sp³-hybridized carbons (Fsp3) is 0.474. The Bertz CT molecular complexity index is 848. The number of hydrogen-bond donors (Lipinski definition) is 1. The van der Waals surface area contributed by atoms with Crippen LogP contribution in [0.3, 0.4) is 0 Å². The average Bonchev–Trinajstić information content (AvgIpc) is 2.61. The van der Waals surface area contributed by atoms with E-state index in [1.54, 1.807) is 0 Å². The highest BCUT2D eigenvalue weighted by atomic mass is 35.5. The number of rotatable bonds is 7. The van der Waals surface area contributed by atoms with Gasteiger partial charge in [-0.15, -0.1) is 0 Å². The number of sulfone groups is 1. The van der Waals surface area contributed by atoms with Crippen LogP contribution >= 0.6 is 11.6 Å². The zero-order valence-corrected chi connectivity index (χ0v) is 17.0. The molecule has 1 aromatic rings. The molecule has 1 amide bonds. The summed E-state index contributed by atoms with van der Waals surface area (Å²) in [5.74, 6) is -1.25. The van der Waals surface area contributed by atoms with E-state index in [0.29, 0.717) is 6.54 Å². The van der Waals surface area contributed by atoms with E-state index in [2.05, 4.69) is 11.4 Å². The van der Waals surface area contributed by atoms with Crippen LogP contribution in [-0.4, -0.2) is 39.2 Å². The van der Waals surface area contributed by atoms with Gasteiger partial charge in [-0.1, -0.05) is 23.3 Å². The lowest BCUT2D eigenvalue weighted by atomic mass is 9.97. The predicted molar refractivity (Wildman–Crippen MR) is 104 cm³/mol. The summed E-state index contributed by atoms with van der Waals surface area (Å²) in [5, 5.41) is 2.81.